The molecule has 0 N–H and O–H groups in total. The number of fused-ring (bicyclic) bond motifs is 2. The third kappa shape index (κ3) is 10.8. The van der Waals surface area contributed by atoms with Gasteiger partial charge in [-0.1, -0.05) is 32.9 Å². The van der Waals surface area contributed by atoms with E-state index in [0.717, 1.165) is 6.42 Å². The van der Waals surface area contributed by atoms with Gasteiger partial charge >= 0.3 is 30.2 Å². The second-order valence-corrected chi connectivity index (χ2v) is 5.82. The molecular formula is C24H30Cl2SiZr-4. The Labute approximate surface area is 200 Å². The fourth-order valence-electron chi connectivity index (χ4n) is 2.61. The summed E-state index contributed by atoms with van der Waals surface area (Å²) < 4.78 is 0. The average molecular weight is 509 g/mol. The molecule has 0 aliphatic rings. The Kier molecular flexibility index (Phi) is 21.0. The van der Waals surface area contributed by atoms with Crippen molar-refractivity contribution < 1.29 is 23.3 Å². The van der Waals surface area contributed by atoms with Crippen LogP contribution in [0.1, 0.15) is 24.5 Å². The zero-order chi connectivity index (χ0) is 18.7. The monoisotopic (exact) mass is 506 g/mol. The van der Waals surface area contributed by atoms with Gasteiger partial charge in [0.05, 0.1) is 0 Å². The average Bonchev–Trinajstić information content (AvgIpc) is 3.18. The summed E-state index contributed by atoms with van der Waals surface area (Å²) in [6.07, 6.45) is 1.00. The zero-order valence-electron chi connectivity index (χ0n) is 17.2. The van der Waals surface area contributed by atoms with Gasteiger partial charge in [-0.3, -0.25) is 0 Å². The van der Waals surface area contributed by atoms with Gasteiger partial charge in [0.15, 0.2) is 0 Å². The predicted molar refractivity (Wildman–Crippen MR) is 131 cm³/mol. The number of hydrogen-bond donors (Lipinski definition) is 0. The van der Waals surface area contributed by atoms with E-state index < -0.39 is 0 Å². The van der Waals surface area contributed by atoms with Crippen molar-refractivity contribution in [3.8, 4) is 0 Å². The standard InChI is InChI=1S/2C10H9.C3H7.CH3.2ClH.Si.Zr/c2*1-8-6-9-4-2-3-5-10(9)7-8;1-3-2;;;;;/h2*2-7H,1H3;1,3H2,2H3;1H3;2*1H;;/q4*-1;;;;. The molecule has 0 unspecified atom stereocenters. The summed E-state index contributed by atoms with van der Waals surface area (Å²) in [5, 5.41) is 5.39. The van der Waals surface area contributed by atoms with Gasteiger partial charge in [-0.2, -0.15) is 18.6 Å². The summed E-state index contributed by atoms with van der Waals surface area (Å²) in [4.78, 5) is 0. The molecule has 0 spiro atoms. The maximum absolute atomic E-state index is 3.49. The van der Waals surface area contributed by atoms with Crippen molar-refractivity contribution in [1.82, 2.24) is 0 Å². The topological polar surface area (TPSA) is 0 Å². The van der Waals surface area contributed by atoms with E-state index in [0.29, 0.717) is 0 Å². The van der Waals surface area contributed by atoms with Crippen molar-refractivity contribution in [2.24, 2.45) is 0 Å². The summed E-state index contributed by atoms with van der Waals surface area (Å²) in [5.41, 5.74) is 2.70. The molecule has 0 saturated heterocycles. The molecular weight excluding hydrogens is 478 g/mol. The van der Waals surface area contributed by atoms with Gasteiger partial charge in [-0.05, 0) is 0 Å². The Morgan fingerprint density at radius 1 is 0.786 bits per heavy atom. The van der Waals surface area contributed by atoms with Gasteiger partial charge in [0.25, 0.3) is 0 Å². The molecule has 0 amide bonds. The van der Waals surface area contributed by atoms with Crippen LogP contribution in [0.5, 0.6) is 0 Å². The molecule has 0 aliphatic carbocycles. The summed E-state index contributed by atoms with van der Waals surface area (Å²) in [6, 6.07) is 25.7. The van der Waals surface area contributed by atoms with Crippen LogP contribution in [0.3, 0.4) is 0 Å². The van der Waals surface area contributed by atoms with Crippen molar-refractivity contribution in [2.75, 3.05) is 0 Å². The van der Waals surface area contributed by atoms with Gasteiger partial charge in [0, 0.05) is 0 Å². The first-order valence-corrected chi connectivity index (χ1v) is 12.6. The molecule has 0 aliphatic heterocycles. The van der Waals surface area contributed by atoms with E-state index in [4.69, 9.17) is 0 Å². The number of halogens is 2. The molecule has 2 radical (unpaired) electrons. The zero-order valence-corrected chi connectivity index (χ0v) is 22.2. The molecule has 0 aromatic heterocycles. The summed E-state index contributed by atoms with van der Waals surface area (Å²) in [6.45, 7) is 12.8. The van der Waals surface area contributed by atoms with E-state index in [-0.39, 0.29) is 32.2 Å². The Bertz CT molecular complexity index is 742. The molecule has 0 bridgehead atoms. The fourth-order valence-corrected chi connectivity index (χ4v) is 2.61. The molecule has 4 aromatic rings. The minimum absolute atomic E-state index is 0. The molecule has 4 aromatic carbocycles. The third-order valence-electron chi connectivity index (χ3n) is 3.52. The summed E-state index contributed by atoms with van der Waals surface area (Å²) in [7, 11) is 0. The van der Waals surface area contributed by atoms with Crippen LogP contribution in [-0.2, 0) is 23.3 Å². The molecule has 0 fully saturated rings. The van der Waals surface area contributed by atoms with Crippen molar-refractivity contribution in [1.29, 1.82) is 0 Å². The second-order valence-electron chi connectivity index (χ2n) is 5.82. The fraction of sp³-hybridized carbons (Fsp3) is 0.167. The van der Waals surface area contributed by atoms with Crippen molar-refractivity contribution in [2.45, 2.75) is 27.2 Å². The number of hydrogen-bond acceptors (Lipinski definition) is 0. The minimum atomic E-state index is 0. The SMILES string of the molecule is Cc1cc2ccccc2[cH-]1.Cc1cc2ccccc2[cH-]1.Cl.Cl.[CH2-]CC.[CH3-].[Si]=[Zr]. The number of benzene rings is 2. The summed E-state index contributed by atoms with van der Waals surface area (Å²) >= 11 is 1.36. The van der Waals surface area contributed by atoms with Gasteiger partial charge in [0.1, 0.15) is 0 Å². The van der Waals surface area contributed by atoms with Gasteiger partial charge < -0.3 is 14.4 Å². The van der Waals surface area contributed by atoms with Crippen molar-refractivity contribution in [3.63, 3.8) is 0 Å². The Morgan fingerprint density at radius 3 is 1.36 bits per heavy atom. The van der Waals surface area contributed by atoms with Gasteiger partial charge in [0.2, 0.25) is 0 Å². The normalized spacial score (nSPS) is 8.25. The molecule has 0 heterocycles. The van der Waals surface area contributed by atoms with Crippen molar-refractivity contribution >= 4 is 53.2 Å². The van der Waals surface area contributed by atoms with Gasteiger partial charge in [-0.25, -0.2) is 0 Å². The van der Waals surface area contributed by atoms with Crippen LogP contribution in [0.15, 0.2) is 72.8 Å². The maximum atomic E-state index is 3.49. The predicted octanol–water partition coefficient (Wildman–Crippen LogP) is 7.88. The van der Waals surface area contributed by atoms with E-state index in [1.165, 1.54) is 56.0 Å². The van der Waals surface area contributed by atoms with E-state index in [2.05, 4.69) is 100 Å². The van der Waals surface area contributed by atoms with Gasteiger partial charge in [-0.15, -0.1) is 106 Å². The first-order valence-electron chi connectivity index (χ1n) is 8.42. The van der Waals surface area contributed by atoms with Crippen LogP contribution in [0.2, 0.25) is 0 Å². The van der Waals surface area contributed by atoms with Crippen LogP contribution in [-0.4, -0.2) is 6.88 Å². The Hall–Kier alpha value is -0.660. The quantitative estimate of drug-likeness (QED) is 0.167. The van der Waals surface area contributed by atoms with E-state index in [9.17, 15) is 0 Å². The van der Waals surface area contributed by atoms with E-state index in [1.807, 2.05) is 6.92 Å². The Morgan fingerprint density at radius 2 is 1.07 bits per heavy atom. The molecule has 28 heavy (non-hydrogen) atoms. The number of aryl methyl sites for hydroxylation is 2. The van der Waals surface area contributed by atoms with Crippen LogP contribution >= 0.6 is 24.8 Å². The molecule has 152 valence electrons. The van der Waals surface area contributed by atoms with Crippen LogP contribution in [0, 0.1) is 28.2 Å². The van der Waals surface area contributed by atoms with E-state index in [1.54, 1.807) is 0 Å². The molecule has 0 atom stereocenters. The molecule has 4 heteroatoms. The third-order valence-corrected chi connectivity index (χ3v) is 3.52. The number of rotatable bonds is 0. The molecule has 0 nitrogen and oxygen atoms in total. The summed E-state index contributed by atoms with van der Waals surface area (Å²) in [5.74, 6) is 0. The Balaban J connectivity index is -0.000000335. The molecule has 0 saturated carbocycles. The van der Waals surface area contributed by atoms with Crippen LogP contribution < -0.4 is 0 Å². The van der Waals surface area contributed by atoms with E-state index >= 15 is 0 Å². The van der Waals surface area contributed by atoms with Crippen LogP contribution in [0.25, 0.3) is 21.5 Å². The first-order chi connectivity index (χ1) is 12.1. The van der Waals surface area contributed by atoms with Crippen LogP contribution in [0.4, 0.5) is 0 Å². The molecule has 4 rings (SSSR count). The second kappa shape index (κ2) is 18.4. The first kappa shape index (κ1) is 32.0. The van der Waals surface area contributed by atoms with Crippen molar-refractivity contribution in [3.05, 3.63) is 98.3 Å².